The minimum absolute atomic E-state index is 0.223. The molecular weight excluding hydrogens is 488 g/mol. The van der Waals surface area contributed by atoms with Gasteiger partial charge in [0.15, 0.2) is 0 Å². The normalized spacial score (nSPS) is 11.1. The number of unbranched alkanes of at least 4 members (excludes halogenated alkanes) is 4. The van der Waals surface area contributed by atoms with Crippen LogP contribution in [-0.2, 0) is 28.7 Å². The zero-order valence-electron chi connectivity index (χ0n) is 24.2. The van der Waals surface area contributed by atoms with Crippen molar-refractivity contribution in [2.24, 2.45) is 0 Å². The Balaban J connectivity index is 4.56. The van der Waals surface area contributed by atoms with Gasteiger partial charge in [0, 0.05) is 64.3 Å². The number of hydrogen-bond donors (Lipinski definition) is 2. The number of nitrogens with one attached hydrogen (secondary N) is 2. The summed E-state index contributed by atoms with van der Waals surface area (Å²) >= 11 is 0. The van der Waals surface area contributed by atoms with Gasteiger partial charge in [0.05, 0.1) is 13.2 Å². The lowest BCUT2D eigenvalue weighted by Gasteiger charge is -2.21. The van der Waals surface area contributed by atoms with Crippen molar-refractivity contribution in [3.8, 4) is 0 Å². The van der Waals surface area contributed by atoms with Gasteiger partial charge >= 0.3 is 11.9 Å². The van der Waals surface area contributed by atoms with E-state index in [2.05, 4.69) is 29.4 Å². The zero-order valence-corrected chi connectivity index (χ0v) is 24.2. The predicted molar refractivity (Wildman–Crippen MR) is 150 cm³/mol. The smallest absolute Gasteiger partial charge is 0.305 e. The number of esters is 2. The second-order valence-corrected chi connectivity index (χ2v) is 9.57. The van der Waals surface area contributed by atoms with Crippen LogP contribution in [0.1, 0.15) is 78.1 Å². The first-order chi connectivity index (χ1) is 18.3. The van der Waals surface area contributed by atoms with Crippen LogP contribution < -0.4 is 10.6 Å². The van der Waals surface area contributed by atoms with Crippen LogP contribution in [0.25, 0.3) is 0 Å². The summed E-state index contributed by atoms with van der Waals surface area (Å²) in [7, 11) is 3.99. The van der Waals surface area contributed by atoms with Gasteiger partial charge in [0.25, 0.3) is 0 Å². The molecule has 0 fully saturated rings. The minimum Gasteiger partial charge on any atom is -0.466 e. The molecule has 10 heteroatoms. The van der Waals surface area contributed by atoms with Gasteiger partial charge in [-0.15, -0.1) is 0 Å². The average Bonchev–Trinajstić information content (AvgIpc) is 2.88. The SMILES string of the molecule is CCCCCC(=O)OCCCN(CCCOC(=O)CCCCC)C(=O)/C=C/C(=O)NCCNCCN(C)C. The molecule has 2 amide bonds. The van der Waals surface area contributed by atoms with Crippen molar-refractivity contribution in [2.75, 3.05) is 66.6 Å². The highest BCUT2D eigenvalue weighted by Crippen LogP contribution is 2.04. The maximum Gasteiger partial charge on any atom is 0.305 e. The molecule has 0 aromatic heterocycles. The molecular formula is C28H52N4O6. The summed E-state index contributed by atoms with van der Waals surface area (Å²) in [5.41, 5.74) is 0. The number of carbonyl (C=O) groups excluding carboxylic acids is 4. The van der Waals surface area contributed by atoms with Gasteiger partial charge in [-0.05, 0) is 39.8 Å². The first-order valence-corrected chi connectivity index (χ1v) is 14.2. The molecule has 0 aliphatic rings. The highest BCUT2D eigenvalue weighted by Gasteiger charge is 2.12. The standard InChI is InChI=1S/C28H52N4O6/c1-5-7-9-13-27(35)37-23-11-20-32(21-12-24-38-28(36)14-10-8-6-2)26(34)16-15-25(33)30-18-17-29-19-22-31(3)4/h15-16,29H,5-14,17-24H2,1-4H3,(H,30,33)/b16-15+. The first-order valence-electron chi connectivity index (χ1n) is 14.2. The summed E-state index contributed by atoms with van der Waals surface area (Å²) in [4.78, 5) is 52.1. The van der Waals surface area contributed by atoms with Crippen LogP contribution in [0.15, 0.2) is 12.2 Å². The van der Waals surface area contributed by atoms with E-state index in [1.807, 2.05) is 14.1 Å². The molecule has 0 bridgehead atoms. The molecule has 0 atom stereocenters. The molecule has 38 heavy (non-hydrogen) atoms. The van der Waals surface area contributed by atoms with Crippen molar-refractivity contribution in [2.45, 2.75) is 78.1 Å². The molecule has 0 spiro atoms. The van der Waals surface area contributed by atoms with E-state index in [4.69, 9.17) is 9.47 Å². The van der Waals surface area contributed by atoms with E-state index in [1.54, 1.807) is 4.90 Å². The number of nitrogens with zero attached hydrogens (tertiary/aromatic N) is 2. The van der Waals surface area contributed by atoms with Gasteiger partial charge in [-0.2, -0.15) is 0 Å². The monoisotopic (exact) mass is 540 g/mol. The molecule has 2 N–H and O–H groups in total. The van der Waals surface area contributed by atoms with E-state index >= 15 is 0 Å². The summed E-state index contributed by atoms with van der Waals surface area (Å²) in [6.45, 7) is 8.19. The predicted octanol–water partition coefficient (Wildman–Crippen LogP) is 2.67. The Morgan fingerprint density at radius 3 is 1.74 bits per heavy atom. The molecule has 0 aromatic carbocycles. The highest BCUT2D eigenvalue weighted by molar-refractivity contribution is 5.96. The highest BCUT2D eigenvalue weighted by atomic mass is 16.5. The minimum atomic E-state index is -0.338. The molecule has 0 aliphatic carbocycles. The number of likely N-dealkylation sites (N-methyl/N-ethyl adjacent to an activating group) is 1. The van der Waals surface area contributed by atoms with Crippen LogP contribution in [0.3, 0.4) is 0 Å². The Kier molecular flexibility index (Phi) is 23.2. The van der Waals surface area contributed by atoms with E-state index in [0.717, 1.165) is 51.6 Å². The maximum absolute atomic E-state index is 12.8. The first kappa shape index (κ1) is 35.5. The Morgan fingerprint density at radius 1 is 0.684 bits per heavy atom. The second kappa shape index (κ2) is 24.9. The molecule has 0 saturated carbocycles. The van der Waals surface area contributed by atoms with Gasteiger partial charge in [0.2, 0.25) is 11.8 Å². The third-order valence-corrected chi connectivity index (χ3v) is 5.67. The number of ether oxygens (including phenoxy) is 2. The summed E-state index contributed by atoms with van der Waals surface area (Å²) in [6, 6.07) is 0. The van der Waals surface area contributed by atoms with Gasteiger partial charge in [-0.25, -0.2) is 0 Å². The number of amides is 2. The summed E-state index contributed by atoms with van der Waals surface area (Å²) in [5.74, 6) is -1.10. The van der Waals surface area contributed by atoms with E-state index < -0.39 is 0 Å². The fraction of sp³-hybridized carbons (Fsp3) is 0.786. The van der Waals surface area contributed by atoms with Gasteiger partial charge < -0.3 is 29.9 Å². The van der Waals surface area contributed by atoms with Crippen LogP contribution in [0.2, 0.25) is 0 Å². The molecule has 0 aromatic rings. The van der Waals surface area contributed by atoms with Gasteiger partial charge in [0.1, 0.15) is 0 Å². The lowest BCUT2D eigenvalue weighted by atomic mass is 10.2. The number of rotatable bonds is 24. The molecule has 0 saturated heterocycles. The summed E-state index contributed by atoms with van der Waals surface area (Å²) in [6.07, 6.45) is 9.97. The van der Waals surface area contributed by atoms with Crippen LogP contribution in [0, 0.1) is 0 Å². The van der Waals surface area contributed by atoms with Gasteiger partial charge in [-0.3, -0.25) is 19.2 Å². The molecule has 0 unspecified atom stereocenters. The third kappa shape index (κ3) is 22.7. The quantitative estimate of drug-likeness (QED) is 0.109. The van der Waals surface area contributed by atoms with E-state index in [0.29, 0.717) is 51.9 Å². The van der Waals surface area contributed by atoms with Crippen molar-refractivity contribution in [1.82, 2.24) is 20.4 Å². The van der Waals surface area contributed by atoms with Crippen molar-refractivity contribution in [3.63, 3.8) is 0 Å². The second-order valence-electron chi connectivity index (χ2n) is 9.57. The zero-order chi connectivity index (χ0) is 28.4. The Hall–Kier alpha value is -2.46. The number of hydrogen-bond acceptors (Lipinski definition) is 8. The number of carbonyl (C=O) groups is 4. The largest absolute Gasteiger partial charge is 0.466 e. The lowest BCUT2D eigenvalue weighted by Crippen LogP contribution is -2.35. The Morgan fingerprint density at radius 2 is 1.24 bits per heavy atom. The van der Waals surface area contributed by atoms with E-state index in [-0.39, 0.29) is 37.0 Å². The van der Waals surface area contributed by atoms with Crippen molar-refractivity contribution in [3.05, 3.63) is 12.2 Å². The van der Waals surface area contributed by atoms with Crippen molar-refractivity contribution >= 4 is 23.8 Å². The average molecular weight is 541 g/mol. The lowest BCUT2D eigenvalue weighted by molar-refractivity contribution is -0.144. The fourth-order valence-corrected chi connectivity index (χ4v) is 3.41. The topological polar surface area (TPSA) is 117 Å². The fourth-order valence-electron chi connectivity index (χ4n) is 3.41. The van der Waals surface area contributed by atoms with Gasteiger partial charge in [-0.1, -0.05) is 39.5 Å². The Bertz CT molecular complexity index is 654. The van der Waals surface area contributed by atoms with Crippen molar-refractivity contribution in [1.29, 1.82) is 0 Å². The van der Waals surface area contributed by atoms with Crippen LogP contribution in [0.4, 0.5) is 0 Å². The summed E-state index contributed by atoms with van der Waals surface area (Å²) in [5, 5.41) is 5.98. The molecule has 0 heterocycles. The third-order valence-electron chi connectivity index (χ3n) is 5.67. The molecule has 0 aliphatic heterocycles. The Labute approximate surface area is 229 Å². The van der Waals surface area contributed by atoms with Crippen molar-refractivity contribution < 1.29 is 28.7 Å². The summed E-state index contributed by atoms with van der Waals surface area (Å²) < 4.78 is 10.5. The van der Waals surface area contributed by atoms with Crippen LogP contribution in [0.5, 0.6) is 0 Å². The molecule has 10 nitrogen and oxygen atoms in total. The molecule has 0 rings (SSSR count). The van der Waals surface area contributed by atoms with Crippen LogP contribution in [-0.4, -0.2) is 100 Å². The van der Waals surface area contributed by atoms with Crippen LogP contribution >= 0.6 is 0 Å². The maximum atomic E-state index is 12.8. The molecule has 220 valence electrons. The molecule has 0 radical (unpaired) electrons. The van der Waals surface area contributed by atoms with E-state index in [1.165, 1.54) is 12.2 Å². The van der Waals surface area contributed by atoms with E-state index in [9.17, 15) is 19.2 Å².